The summed E-state index contributed by atoms with van der Waals surface area (Å²) in [5.41, 5.74) is 0.736. The Bertz CT molecular complexity index is 514. The van der Waals surface area contributed by atoms with Crippen molar-refractivity contribution in [3.05, 3.63) is 23.8 Å². The van der Waals surface area contributed by atoms with E-state index >= 15 is 0 Å². The molecule has 4 atom stereocenters. The number of phenolic OH excluding ortho intramolecular Hbond substituents is 1. The summed E-state index contributed by atoms with van der Waals surface area (Å²) in [6, 6.07) is 4.81. The molecule has 0 amide bonds. The van der Waals surface area contributed by atoms with Gasteiger partial charge in [-0.15, -0.1) is 0 Å². The van der Waals surface area contributed by atoms with E-state index in [0.717, 1.165) is 5.56 Å². The molecule has 19 heavy (non-hydrogen) atoms. The monoisotopic (exact) mass is 266 g/mol. The van der Waals surface area contributed by atoms with Gasteiger partial charge in [0.2, 0.25) is 0 Å². The quantitative estimate of drug-likeness (QED) is 0.762. The number of cyclic esters (lactones) is 1. The molecule has 6 heteroatoms. The minimum Gasteiger partial charge on any atom is -0.504 e. The second kappa shape index (κ2) is 4.40. The summed E-state index contributed by atoms with van der Waals surface area (Å²) < 4.78 is 15.4. The Hall–Kier alpha value is -1.79. The van der Waals surface area contributed by atoms with Gasteiger partial charge in [0.05, 0.1) is 19.8 Å². The molecule has 2 fully saturated rings. The lowest BCUT2D eigenvalue weighted by molar-refractivity contribution is -0.158. The number of hydrogen-bond donors (Lipinski definition) is 2. The van der Waals surface area contributed by atoms with Crippen LogP contribution in [0.5, 0.6) is 11.5 Å². The predicted molar refractivity (Wildman–Crippen MR) is 62.4 cm³/mol. The van der Waals surface area contributed by atoms with Crippen molar-refractivity contribution in [1.29, 1.82) is 0 Å². The van der Waals surface area contributed by atoms with E-state index in [0.29, 0.717) is 5.75 Å². The number of benzene rings is 1. The summed E-state index contributed by atoms with van der Waals surface area (Å²) in [6.07, 6.45) is -1.59. The highest BCUT2D eigenvalue weighted by atomic mass is 16.6. The number of phenols is 1. The zero-order chi connectivity index (χ0) is 13.6. The van der Waals surface area contributed by atoms with Gasteiger partial charge in [-0.1, -0.05) is 6.07 Å². The molecule has 2 aliphatic rings. The Morgan fingerprint density at radius 2 is 2.21 bits per heavy atom. The molecule has 2 N–H and O–H groups in total. The first-order valence-electron chi connectivity index (χ1n) is 5.99. The molecule has 0 spiro atoms. The summed E-state index contributed by atoms with van der Waals surface area (Å²) in [5.74, 6) is -0.920. The van der Waals surface area contributed by atoms with Crippen molar-refractivity contribution in [3.63, 3.8) is 0 Å². The average molecular weight is 266 g/mol. The summed E-state index contributed by atoms with van der Waals surface area (Å²) in [4.78, 5) is 11.5. The number of fused-ring (bicyclic) bond motifs is 1. The lowest BCUT2D eigenvalue weighted by atomic mass is 9.89. The average Bonchev–Trinajstić information content (AvgIpc) is 2.93. The molecule has 6 nitrogen and oxygen atoms in total. The summed E-state index contributed by atoms with van der Waals surface area (Å²) in [7, 11) is 1.45. The minimum absolute atomic E-state index is 0.0279. The van der Waals surface area contributed by atoms with E-state index in [1.807, 2.05) is 0 Å². The van der Waals surface area contributed by atoms with Crippen molar-refractivity contribution in [3.8, 4) is 11.5 Å². The third-order valence-electron chi connectivity index (χ3n) is 3.67. The standard InChI is InChI=1S/C13H14O6/c1-17-9-4-6(2-3-8(9)14)11-7-5-18-12(15)10(7)13(16)19-11/h2-4,7,10-11,13-14,16H,5H2,1H3/t7-,10?,11+,13+/m0/s1. The van der Waals surface area contributed by atoms with Gasteiger partial charge in [-0.3, -0.25) is 4.79 Å². The minimum atomic E-state index is -1.15. The molecule has 102 valence electrons. The number of esters is 1. The van der Waals surface area contributed by atoms with Crippen molar-refractivity contribution in [2.24, 2.45) is 11.8 Å². The molecule has 1 aromatic carbocycles. The van der Waals surface area contributed by atoms with Crippen LogP contribution < -0.4 is 4.74 Å². The topological polar surface area (TPSA) is 85.2 Å². The fourth-order valence-corrected chi connectivity index (χ4v) is 2.69. The molecule has 1 aromatic rings. The van der Waals surface area contributed by atoms with E-state index in [2.05, 4.69) is 0 Å². The number of rotatable bonds is 2. The van der Waals surface area contributed by atoms with Crippen LogP contribution in [0.3, 0.4) is 0 Å². The molecular weight excluding hydrogens is 252 g/mol. The van der Waals surface area contributed by atoms with Crippen LogP contribution in [-0.4, -0.2) is 36.2 Å². The van der Waals surface area contributed by atoms with E-state index in [1.54, 1.807) is 12.1 Å². The smallest absolute Gasteiger partial charge is 0.314 e. The third kappa shape index (κ3) is 1.84. The van der Waals surface area contributed by atoms with Crippen LogP contribution in [0.2, 0.25) is 0 Å². The van der Waals surface area contributed by atoms with E-state index in [-0.39, 0.29) is 18.3 Å². The van der Waals surface area contributed by atoms with Gasteiger partial charge in [-0.25, -0.2) is 0 Å². The Morgan fingerprint density at radius 1 is 1.42 bits per heavy atom. The SMILES string of the molecule is COc1cc([C@H]2O[C@@H](O)C3C(=O)OC[C@@H]32)ccc1O. The molecule has 0 aliphatic carbocycles. The van der Waals surface area contributed by atoms with Gasteiger partial charge in [0, 0.05) is 5.92 Å². The molecule has 1 unspecified atom stereocenters. The van der Waals surface area contributed by atoms with Crippen LogP contribution in [0.15, 0.2) is 18.2 Å². The summed E-state index contributed by atoms with van der Waals surface area (Å²) >= 11 is 0. The van der Waals surface area contributed by atoms with Gasteiger partial charge in [0.25, 0.3) is 0 Å². The Kier molecular flexibility index (Phi) is 2.83. The zero-order valence-electron chi connectivity index (χ0n) is 10.3. The number of methoxy groups -OCH3 is 1. The van der Waals surface area contributed by atoms with Crippen molar-refractivity contribution in [2.45, 2.75) is 12.4 Å². The molecule has 0 saturated carbocycles. The molecule has 2 saturated heterocycles. The first kappa shape index (κ1) is 12.3. The maximum Gasteiger partial charge on any atom is 0.314 e. The Morgan fingerprint density at radius 3 is 2.95 bits per heavy atom. The van der Waals surface area contributed by atoms with Crippen LogP contribution in [-0.2, 0) is 14.3 Å². The maximum absolute atomic E-state index is 11.5. The largest absolute Gasteiger partial charge is 0.504 e. The van der Waals surface area contributed by atoms with Crippen LogP contribution >= 0.6 is 0 Å². The van der Waals surface area contributed by atoms with Gasteiger partial charge in [0.1, 0.15) is 5.92 Å². The van der Waals surface area contributed by atoms with Gasteiger partial charge < -0.3 is 24.4 Å². The first-order chi connectivity index (χ1) is 9.11. The maximum atomic E-state index is 11.5. The zero-order valence-corrected chi connectivity index (χ0v) is 10.3. The highest BCUT2D eigenvalue weighted by Crippen LogP contribution is 2.46. The Labute approximate surface area is 109 Å². The molecule has 2 heterocycles. The van der Waals surface area contributed by atoms with Gasteiger partial charge >= 0.3 is 5.97 Å². The van der Waals surface area contributed by atoms with Crippen molar-refractivity contribution in [1.82, 2.24) is 0 Å². The van der Waals surface area contributed by atoms with Gasteiger partial charge in [0.15, 0.2) is 17.8 Å². The second-order valence-corrected chi connectivity index (χ2v) is 4.70. The lowest BCUT2D eigenvalue weighted by Crippen LogP contribution is -2.22. The number of aromatic hydroxyl groups is 1. The number of carbonyl (C=O) groups is 1. The van der Waals surface area contributed by atoms with Crippen LogP contribution in [0.1, 0.15) is 11.7 Å². The molecule has 0 bridgehead atoms. The second-order valence-electron chi connectivity index (χ2n) is 4.70. The molecule has 3 rings (SSSR count). The molecule has 2 aliphatic heterocycles. The van der Waals surface area contributed by atoms with Crippen molar-refractivity contribution < 1.29 is 29.2 Å². The number of hydrogen-bond acceptors (Lipinski definition) is 6. The van der Waals surface area contributed by atoms with E-state index in [1.165, 1.54) is 13.2 Å². The fraction of sp³-hybridized carbons (Fsp3) is 0.462. The molecular formula is C13H14O6. The molecule has 0 radical (unpaired) electrons. The van der Waals surface area contributed by atoms with Gasteiger partial charge in [-0.05, 0) is 17.7 Å². The van der Waals surface area contributed by atoms with Crippen LogP contribution in [0.4, 0.5) is 0 Å². The van der Waals surface area contributed by atoms with E-state index in [4.69, 9.17) is 14.2 Å². The van der Waals surface area contributed by atoms with Crippen molar-refractivity contribution in [2.75, 3.05) is 13.7 Å². The highest BCUT2D eigenvalue weighted by Gasteiger charge is 2.53. The Balaban J connectivity index is 1.93. The van der Waals surface area contributed by atoms with E-state index < -0.39 is 24.3 Å². The van der Waals surface area contributed by atoms with Crippen LogP contribution in [0, 0.1) is 11.8 Å². The van der Waals surface area contributed by atoms with Gasteiger partial charge in [-0.2, -0.15) is 0 Å². The number of carbonyl (C=O) groups excluding carboxylic acids is 1. The van der Waals surface area contributed by atoms with Crippen LogP contribution in [0.25, 0.3) is 0 Å². The number of aliphatic hydroxyl groups excluding tert-OH is 1. The number of ether oxygens (including phenoxy) is 3. The van der Waals surface area contributed by atoms with E-state index in [9.17, 15) is 15.0 Å². The summed E-state index contributed by atoms with van der Waals surface area (Å²) in [5, 5.41) is 19.3. The fourth-order valence-electron chi connectivity index (χ4n) is 2.69. The predicted octanol–water partition coefficient (Wildman–Crippen LogP) is 0.580. The molecule has 0 aromatic heterocycles. The summed E-state index contributed by atoms with van der Waals surface area (Å²) in [6.45, 7) is 0.231. The van der Waals surface area contributed by atoms with Crippen molar-refractivity contribution >= 4 is 5.97 Å². The lowest BCUT2D eigenvalue weighted by Gasteiger charge is -2.17. The number of aliphatic hydroxyl groups is 1. The normalized spacial score (nSPS) is 33.1. The first-order valence-corrected chi connectivity index (χ1v) is 5.99. The third-order valence-corrected chi connectivity index (χ3v) is 3.67. The highest BCUT2D eigenvalue weighted by molar-refractivity contribution is 5.75.